The van der Waals surface area contributed by atoms with Gasteiger partial charge in [-0.15, -0.1) is 11.3 Å². The van der Waals surface area contributed by atoms with Crippen molar-refractivity contribution in [1.82, 2.24) is 14.7 Å². The van der Waals surface area contributed by atoms with Crippen LogP contribution in [0.15, 0.2) is 60.0 Å². The van der Waals surface area contributed by atoms with Gasteiger partial charge < -0.3 is 9.80 Å². The van der Waals surface area contributed by atoms with E-state index in [1.807, 2.05) is 34.1 Å². The normalized spacial score (nSPS) is 18.1. The van der Waals surface area contributed by atoms with Gasteiger partial charge in [-0.3, -0.25) is 14.5 Å². The third-order valence-electron chi connectivity index (χ3n) is 7.53. The number of hydrogen-bond donors (Lipinski definition) is 0. The van der Waals surface area contributed by atoms with Crippen LogP contribution in [-0.4, -0.2) is 65.8 Å². The Balaban J connectivity index is 1.20. The number of unbranched alkanes of at least 4 members (excludes halogenated alkanes) is 1. The van der Waals surface area contributed by atoms with Crippen molar-refractivity contribution in [1.29, 1.82) is 0 Å². The van der Waals surface area contributed by atoms with E-state index in [4.69, 9.17) is 11.6 Å². The molecule has 1 aromatic heterocycles. The number of benzene rings is 2. The standard InChI is InChI=1S/C30H34ClN3O2S/c1-2-3-4-22-5-7-24(8-6-22)30(36)33-18-16-32(17-19-33)28(35)21-34-15-13-27-26(14-20-37-27)29(34)23-9-11-25(31)12-10-23/h5-12,14,20,29H,2-4,13,15-19,21H2,1H3/t29-/m1/s1. The number of piperazine rings is 1. The summed E-state index contributed by atoms with van der Waals surface area (Å²) in [5.74, 6) is 0.183. The fourth-order valence-electron chi connectivity index (χ4n) is 5.38. The van der Waals surface area contributed by atoms with Crippen LogP contribution in [0, 0.1) is 0 Å². The molecule has 0 N–H and O–H groups in total. The van der Waals surface area contributed by atoms with Crippen LogP contribution in [0.1, 0.15) is 57.7 Å². The van der Waals surface area contributed by atoms with E-state index in [-0.39, 0.29) is 17.9 Å². The molecule has 1 saturated heterocycles. The Hall–Kier alpha value is -2.67. The van der Waals surface area contributed by atoms with Crippen molar-refractivity contribution in [3.8, 4) is 0 Å². The van der Waals surface area contributed by atoms with Crippen molar-refractivity contribution in [3.05, 3.63) is 92.1 Å². The van der Waals surface area contributed by atoms with Gasteiger partial charge in [0.1, 0.15) is 0 Å². The van der Waals surface area contributed by atoms with Gasteiger partial charge in [-0.1, -0.05) is 49.2 Å². The van der Waals surface area contributed by atoms with Crippen LogP contribution in [0.4, 0.5) is 0 Å². The van der Waals surface area contributed by atoms with E-state index in [1.54, 1.807) is 11.3 Å². The molecule has 0 saturated carbocycles. The van der Waals surface area contributed by atoms with Gasteiger partial charge in [0, 0.05) is 48.2 Å². The molecule has 1 atom stereocenters. The number of rotatable bonds is 7. The summed E-state index contributed by atoms with van der Waals surface area (Å²) >= 11 is 7.95. The summed E-state index contributed by atoms with van der Waals surface area (Å²) in [6.07, 6.45) is 4.34. The first kappa shape index (κ1) is 26.0. The van der Waals surface area contributed by atoms with E-state index >= 15 is 0 Å². The molecule has 1 fully saturated rings. The molecule has 194 valence electrons. The van der Waals surface area contributed by atoms with Gasteiger partial charge in [0.05, 0.1) is 12.6 Å². The molecular formula is C30H34ClN3O2S. The van der Waals surface area contributed by atoms with E-state index in [9.17, 15) is 9.59 Å². The number of halogens is 1. The zero-order valence-corrected chi connectivity index (χ0v) is 22.9. The lowest BCUT2D eigenvalue weighted by molar-refractivity contribution is -0.134. The van der Waals surface area contributed by atoms with E-state index in [0.29, 0.717) is 37.7 Å². The monoisotopic (exact) mass is 535 g/mol. The van der Waals surface area contributed by atoms with Crippen LogP contribution in [0.25, 0.3) is 0 Å². The molecule has 0 aliphatic carbocycles. The average Bonchev–Trinajstić information content (AvgIpc) is 3.41. The quantitative estimate of drug-likeness (QED) is 0.391. The van der Waals surface area contributed by atoms with Gasteiger partial charge in [0.15, 0.2) is 0 Å². The second-order valence-electron chi connectivity index (χ2n) is 9.95. The van der Waals surface area contributed by atoms with Crippen LogP contribution < -0.4 is 0 Å². The molecule has 3 heterocycles. The smallest absolute Gasteiger partial charge is 0.253 e. The SMILES string of the molecule is CCCCc1ccc(C(=O)N2CCN(C(=O)CN3CCc4sccc4[C@H]3c3ccc(Cl)cc3)CC2)cc1. The van der Waals surface area contributed by atoms with Crippen molar-refractivity contribution in [2.45, 2.75) is 38.6 Å². The van der Waals surface area contributed by atoms with Crippen LogP contribution in [0.5, 0.6) is 0 Å². The molecule has 0 spiro atoms. The summed E-state index contributed by atoms with van der Waals surface area (Å²) < 4.78 is 0. The minimum Gasteiger partial charge on any atom is -0.338 e. The highest BCUT2D eigenvalue weighted by atomic mass is 35.5. The summed E-state index contributed by atoms with van der Waals surface area (Å²) in [5.41, 5.74) is 4.46. The topological polar surface area (TPSA) is 43.9 Å². The predicted molar refractivity (Wildman–Crippen MR) is 150 cm³/mol. The molecule has 7 heteroatoms. The molecule has 0 bridgehead atoms. The molecular weight excluding hydrogens is 502 g/mol. The Morgan fingerprint density at radius 3 is 2.32 bits per heavy atom. The minimum atomic E-state index is 0.0537. The van der Waals surface area contributed by atoms with Gasteiger partial charge >= 0.3 is 0 Å². The van der Waals surface area contributed by atoms with Gasteiger partial charge in [-0.2, -0.15) is 0 Å². The maximum atomic E-state index is 13.4. The lowest BCUT2D eigenvalue weighted by atomic mass is 9.93. The third kappa shape index (κ3) is 5.92. The number of fused-ring (bicyclic) bond motifs is 1. The molecule has 5 rings (SSSR count). The minimum absolute atomic E-state index is 0.0537. The van der Waals surface area contributed by atoms with Gasteiger partial charge in [-0.25, -0.2) is 0 Å². The van der Waals surface area contributed by atoms with Gasteiger partial charge in [-0.05, 0) is 71.7 Å². The fourth-order valence-corrected chi connectivity index (χ4v) is 6.41. The third-order valence-corrected chi connectivity index (χ3v) is 8.78. The number of carbonyl (C=O) groups excluding carboxylic acids is 2. The molecule has 2 aliphatic rings. The highest BCUT2D eigenvalue weighted by Gasteiger charge is 2.33. The number of thiophene rings is 1. The van der Waals surface area contributed by atoms with Crippen LogP contribution >= 0.6 is 22.9 Å². The number of hydrogen-bond acceptors (Lipinski definition) is 4. The van der Waals surface area contributed by atoms with E-state index in [2.05, 4.69) is 47.5 Å². The Bertz CT molecular complexity index is 1220. The molecule has 2 amide bonds. The lowest BCUT2D eigenvalue weighted by Gasteiger charge is -2.39. The van der Waals surface area contributed by atoms with Gasteiger partial charge in [0.2, 0.25) is 5.91 Å². The Labute approximate surface area is 228 Å². The summed E-state index contributed by atoms with van der Waals surface area (Å²) in [6, 6.07) is 18.2. The van der Waals surface area contributed by atoms with Crippen molar-refractivity contribution >= 4 is 34.8 Å². The molecule has 37 heavy (non-hydrogen) atoms. The summed E-state index contributed by atoms with van der Waals surface area (Å²) in [7, 11) is 0. The van der Waals surface area contributed by atoms with Crippen LogP contribution in [0.2, 0.25) is 5.02 Å². The summed E-state index contributed by atoms with van der Waals surface area (Å²) in [6.45, 7) is 5.68. The maximum Gasteiger partial charge on any atom is 0.253 e. The van der Waals surface area contributed by atoms with Crippen LogP contribution in [0.3, 0.4) is 0 Å². The first-order chi connectivity index (χ1) is 18.0. The maximum absolute atomic E-state index is 13.4. The molecule has 2 aromatic carbocycles. The lowest BCUT2D eigenvalue weighted by Crippen LogP contribution is -2.53. The second kappa shape index (κ2) is 11.8. The fraction of sp³-hybridized carbons (Fsp3) is 0.400. The molecule has 5 nitrogen and oxygen atoms in total. The average molecular weight is 536 g/mol. The molecule has 2 aliphatic heterocycles. The van der Waals surface area contributed by atoms with Crippen molar-refractivity contribution < 1.29 is 9.59 Å². The van der Waals surface area contributed by atoms with Crippen molar-refractivity contribution in [2.75, 3.05) is 39.3 Å². The number of amides is 2. The predicted octanol–water partition coefficient (Wildman–Crippen LogP) is 5.68. The van der Waals surface area contributed by atoms with Crippen molar-refractivity contribution in [2.24, 2.45) is 0 Å². The van der Waals surface area contributed by atoms with E-state index < -0.39 is 0 Å². The number of carbonyl (C=O) groups is 2. The Kier molecular flexibility index (Phi) is 8.28. The van der Waals surface area contributed by atoms with Crippen molar-refractivity contribution in [3.63, 3.8) is 0 Å². The first-order valence-electron chi connectivity index (χ1n) is 13.2. The molecule has 3 aromatic rings. The largest absolute Gasteiger partial charge is 0.338 e. The van der Waals surface area contributed by atoms with Crippen LogP contribution in [-0.2, 0) is 17.6 Å². The molecule has 0 radical (unpaired) electrons. The summed E-state index contributed by atoms with van der Waals surface area (Å²) in [4.78, 5) is 33.9. The zero-order chi connectivity index (χ0) is 25.8. The van der Waals surface area contributed by atoms with E-state index in [1.165, 1.54) is 16.0 Å². The number of aryl methyl sites for hydroxylation is 1. The molecule has 0 unspecified atom stereocenters. The zero-order valence-electron chi connectivity index (χ0n) is 21.4. The second-order valence-corrected chi connectivity index (χ2v) is 11.4. The highest BCUT2D eigenvalue weighted by Crippen LogP contribution is 2.38. The first-order valence-corrected chi connectivity index (χ1v) is 14.5. The van der Waals surface area contributed by atoms with Gasteiger partial charge in [0.25, 0.3) is 5.91 Å². The summed E-state index contributed by atoms with van der Waals surface area (Å²) in [5, 5.41) is 2.86. The Morgan fingerprint density at radius 1 is 0.919 bits per heavy atom. The van der Waals surface area contributed by atoms with E-state index in [0.717, 1.165) is 43.4 Å². The highest BCUT2D eigenvalue weighted by molar-refractivity contribution is 7.10. The Morgan fingerprint density at radius 2 is 1.62 bits per heavy atom. The number of nitrogens with zero attached hydrogens (tertiary/aromatic N) is 3.